The van der Waals surface area contributed by atoms with E-state index in [1.165, 1.54) is 4.90 Å². The number of methoxy groups -OCH3 is 2. The van der Waals surface area contributed by atoms with E-state index < -0.39 is 0 Å². The van der Waals surface area contributed by atoms with Crippen LogP contribution in [0.25, 0.3) is 0 Å². The first-order valence-electron chi connectivity index (χ1n) is 6.65. The van der Waals surface area contributed by atoms with E-state index in [0.717, 1.165) is 30.5 Å². The molecular weight excluding hydrogens is 242 g/mol. The quantitative estimate of drug-likeness (QED) is 0.865. The van der Waals surface area contributed by atoms with Crippen molar-refractivity contribution in [1.82, 2.24) is 0 Å². The highest BCUT2D eigenvalue weighted by Crippen LogP contribution is 2.35. The van der Waals surface area contributed by atoms with Gasteiger partial charge in [0.05, 0.1) is 40.8 Å². The van der Waals surface area contributed by atoms with Crippen molar-refractivity contribution in [3.05, 3.63) is 23.3 Å². The Labute approximate surface area is 114 Å². The predicted octanol–water partition coefficient (Wildman–Crippen LogP) is 0.593. The van der Waals surface area contributed by atoms with Crippen molar-refractivity contribution in [1.29, 1.82) is 0 Å². The second-order valence-electron chi connectivity index (χ2n) is 5.38. The zero-order valence-corrected chi connectivity index (χ0v) is 12.1. The molecule has 1 aliphatic rings. The lowest BCUT2D eigenvalue weighted by atomic mass is 9.82. The summed E-state index contributed by atoms with van der Waals surface area (Å²) in [5.74, 6) is 1.69. The number of carbonyl (C=O) groups is 1. The van der Waals surface area contributed by atoms with E-state index in [0.29, 0.717) is 11.5 Å². The predicted molar refractivity (Wildman–Crippen MR) is 73.4 cm³/mol. The Hall–Kier alpha value is -1.55. The lowest BCUT2D eigenvalue weighted by molar-refractivity contribution is -0.860. The molecule has 1 unspecified atom stereocenters. The van der Waals surface area contributed by atoms with Gasteiger partial charge in [-0.15, -0.1) is 0 Å². The maximum absolute atomic E-state index is 12.5. The molecule has 0 heterocycles. The average molecular weight is 264 g/mol. The minimum atomic E-state index is 0.121. The summed E-state index contributed by atoms with van der Waals surface area (Å²) < 4.78 is 10.6. The van der Waals surface area contributed by atoms with Crippen LogP contribution < -0.4 is 14.4 Å². The summed E-state index contributed by atoms with van der Waals surface area (Å²) in [5.41, 5.74) is 1.88. The molecule has 0 fully saturated rings. The number of ether oxygens (including phenoxy) is 2. The fourth-order valence-electron chi connectivity index (χ4n) is 2.73. The number of nitrogens with one attached hydrogen (secondary N) is 1. The molecule has 0 amide bonds. The van der Waals surface area contributed by atoms with E-state index in [-0.39, 0.29) is 11.7 Å². The molecule has 0 saturated carbocycles. The molecule has 0 aromatic heterocycles. The Morgan fingerprint density at radius 3 is 2.42 bits per heavy atom. The lowest BCUT2D eigenvalue weighted by Crippen LogP contribution is -3.06. The molecule has 0 radical (unpaired) electrons. The van der Waals surface area contributed by atoms with Crippen LogP contribution in [0.1, 0.15) is 22.3 Å². The van der Waals surface area contributed by atoms with Gasteiger partial charge in [-0.3, -0.25) is 4.79 Å². The number of benzene rings is 1. The van der Waals surface area contributed by atoms with Gasteiger partial charge in [-0.2, -0.15) is 0 Å². The standard InChI is InChI=1S/C15H21NO3/c1-16(2)9-11-6-5-10-7-13(18-3)14(19-4)8-12(10)15(11)17/h7-8,11H,5-6,9H2,1-4H3/p+1. The number of ketones is 1. The smallest absolute Gasteiger partial charge is 0.171 e. The van der Waals surface area contributed by atoms with Gasteiger partial charge in [-0.25, -0.2) is 0 Å². The summed E-state index contributed by atoms with van der Waals surface area (Å²) in [6, 6.07) is 3.76. The van der Waals surface area contributed by atoms with Gasteiger partial charge in [0.1, 0.15) is 0 Å². The Bertz CT molecular complexity index is 483. The van der Waals surface area contributed by atoms with E-state index in [2.05, 4.69) is 14.1 Å². The second-order valence-corrected chi connectivity index (χ2v) is 5.38. The van der Waals surface area contributed by atoms with Gasteiger partial charge in [0.15, 0.2) is 17.3 Å². The maximum Gasteiger partial charge on any atom is 0.171 e. The van der Waals surface area contributed by atoms with E-state index >= 15 is 0 Å². The summed E-state index contributed by atoms with van der Waals surface area (Å²) in [4.78, 5) is 13.8. The monoisotopic (exact) mass is 264 g/mol. The van der Waals surface area contributed by atoms with E-state index in [9.17, 15) is 4.79 Å². The van der Waals surface area contributed by atoms with Crippen LogP contribution in [0.3, 0.4) is 0 Å². The number of carbonyl (C=O) groups excluding carboxylic acids is 1. The van der Waals surface area contributed by atoms with Crippen LogP contribution in [-0.4, -0.2) is 40.6 Å². The number of fused-ring (bicyclic) bond motifs is 1. The van der Waals surface area contributed by atoms with Crippen LogP contribution in [0, 0.1) is 5.92 Å². The van der Waals surface area contributed by atoms with Crippen LogP contribution in [0.15, 0.2) is 12.1 Å². The fourth-order valence-corrected chi connectivity index (χ4v) is 2.73. The molecule has 0 saturated heterocycles. The van der Waals surface area contributed by atoms with Crippen LogP contribution in [0.5, 0.6) is 11.5 Å². The Balaban J connectivity index is 2.35. The molecule has 1 aromatic carbocycles. The van der Waals surface area contributed by atoms with Gasteiger partial charge in [-0.1, -0.05) is 0 Å². The zero-order valence-electron chi connectivity index (χ0n) is 12.1. The molecule has 19 heavy (non-hydrogen) atoms. The molecule has 4 nitrogen and oxygen atoms in total. The van der Waals surface area contributed by atoms with E-state index in [4.69, 9.17) is 9.47 Å². The van der Waals surface area contributed by atoms with Crippen molar-refractivity contribution in [2.24, 2.45) is 5.92 Å². The molecule has 104 valence electrons. The SMILES string of the molecule is COc1cc2c(cc1OC)C(=O)C(C[NH+](C)C)CC2. The van der Waals surface area contributed by atoms with Gasteiger partial charge < -0.3 is 14.4 Å². The summed E-state index contributed by atoms with van der Waals surface area (Å²) >= 11 is 0. The lowest BCUT2D eigenvalue weighted by Gasteiger charge is -2.25. The first-order chi connectivity index (χ1) is 9.06. The van der Waals surface area contributed by atoms with Crippen molar-refractivity contribution in [2.45, 2.75) is 12.8 Å². The van der Waals surface area contributed by atoms with Crippen molar-refractivity contribution in [2.75, 3.05) is 34.9 Å². The number of rotatable bonds is 4. The van der Waals surface area contributed by atoms with Gasteiger partial charge in [-0.05, 0) is 30.5 Å². The number of quaternary nitrogens is 1. The molecule has 2 rings (SSSR count). The van der Waals surface area contributed by atoms with Crippen molar-refractivity contribution in [3.8, 4) is 11.5 Å². The van der Waals surface area contributed by atoms with Crippen LogP contribution in [-0.2, 0) is 6.42 Å². The molecule has 0 bridgehead atoms. The Morgan fingerprint density at radius 1 is 1.21 bits per heavy atom. The van der Waals surface area contributed by atoms with E-state index in [1.807, 2.05) is 12.1 Å². The van der Waals surface area contributed by atoms with Gasteiger partial charge >= 0.3 is 0 Å². The van der Waals surface area contributed by atoms with Gasteiger partial charge in [0, 0.05) is 5.56 Å². The minimum Gasteiger partial charge on any atom is -0.493 e. The Morgan fingerprint density at radius 2 is 1.84 bits per heavy atom. The first kappa shape index (κ1) is 13.9. The number of hydrogen-bond donors (Lipinski definition) is 1. The zero-order chi connectivity index (χ0) is 14.0. The average Bonchev–Trinajstić information content (AvgIpc) is 2.40. The number of hydrogen-bond acceptors (Lipinski definition) is 3. The highest BCUT2D eigenvalue weighted by molar-refractivity contribution is 6.01. The van der Waals surface area contributed by atoms with Crippen LogP contribution >= 0.6 is 0 Å². The maximum atomic E-state index is 12.5. The number of Topliss-reactive ketones (excluding diaryl/α,β-unsaturated/α-hetero) is 1. The topological polar surface area (TPSA) is 40.0 Å². The molecule has 1 aliphatic carbocycles. The van der Waals surface area contributed by atoms with Gasteiger partial charge in [0.2, 0.25) is 0 Å². The molecular formula is C15H22NO3+. The second kappa shape index (κ2) is 5.61. The highest BCUT2D eigenvalue weighted by atomic mass is 16.5. The first-order valence-corrected chi connectivity index (χ1v) is 6.65. The minimum absolute atomic E-state index is 0.121. The molecule has 0 aliphatic heterocycles. The number of aryl methyl sites for hydroxylation is 1. The third-order valence-corrected chi connectivity index (χ3v) is 3.66. The summed E-state index contributed by atoms with van der Waals surface area (Å²) in [6.45, 7) is 0.882. The van der Waals surface area contributed by atoms with Crippen molar-refractivity contribution in [3.63, 3.8) is 0 Å². The van der Waals surface area contributed by atoms with Crippen molar-refractivity contribution >= 4 is 5.78 Å². The normalized spacial score (nSPS) is 18.4. The van der Waals surface area contributed by atoms with Crippen LogP contribution in [0.2, 0.25) is 0 Å². The van der Waals surface area contributed by atoms with Crippen molar-refractivity contribution < 1.29 is 19.2 Å². The molecule has 0 spiro atoms. The third kappa shape index (κ3) is 2.73. The third-order valence-electron chi connectivity index (χ3n) is 3.66. The molecule has 4 heteroatoms. The molecule has 1 atom stereocenters. The van der Waals surface area contributed by atoms with Crippen LogP contribution in [0.4, 0.5) is 0 Å². The van der Waals surface area contributed by atoms with E-state index in [1.54, 1.807) is 14.2 Å². The molecule has 1 aromatic rings. The highest BCUT2D eigenvalue weighted by Gasteiger charge is 2.30. The fraction of sp³-hybridized carbons (Fsp3) is 0.533. The summed E-state index contributed by atoms with van der Waals surface area (Å²) in [5, 5.41) is 0. The summed E-state index contributed by atoms with van der Waals surface area (Å²) in [6.07, 6.45) is 1.85. The molecule has 1 N–H and O–H groups in total. The Kier molecular flexibility index (Phi) is 4.10. The largest absolute Gasteiger partial charge is 0.493 e. The summed E-state index contributed by atoms with van der Waals surface area (Å²) in [7, 11) is 7.38. The van der Waals surface area contributed by atoms with Gasteiger partial charge in [0.25, 0.3) is 0 Å².